The van der Waals surface area contributed by atoms with Crippen LogP contribution in [0, 0.1) is 11.6 Å². The topological polar surface area (TPSA) is 75.7 Å². The van der Waals surface area contributed by atoms with Crippen LogP contribution in [-0.2, 0) is 14.8 Å². The lowest BCUT2D eigenvalue weighted by Crippen LogP contribution is -2.42. The minimum absolute atomic E-state index is 0.120. The number of hydrogen-bond donors (Lipinski definition) is 1. The standard InChI is InChI=1S/C19H20F2N2O4S/c1-2-28(25,26)22-17-6-4-3-5-14(17)19(24)23-9-10-27-18(12-23)13-7-8-15(20)16(21)11-13/h3-8,11,18,22H,2,9-10,12H2,1H3. The Balaban J connectivity index is 1.82. The number of morpholine rings is 1. The van der Waals surface area contributed by atoms with Gasteiger partial charge in [-0.1, -0.05) is 18.2 Å². The number of amides is 1. The summed E-state index contributed by atoms with van der Waals surface area (Å²) in [6, 6.07) is 9.82. The Hall–Kier alpha value is -2.52. The highest BCUT2D eigenvalue weighted by Crippen LogP contribution is 2.26. The lowest BCUT2D eigenvalue weighted by molar-refractivity contribution is -0.0229. The molecular formula is C19H20F2N2O4S. The van der Waals surface area contributed by atoms with E-state index in [0.717, 1.165) is 12.1 Å². The van der Waals surface area contributed by atoms with Crippen molar-refractivity contribution in [2.45, 2.75) is 13.0 Å². The van der Waals surface area contributed by atoms with E-state index in [-0.39, 0.29) is 36.1 Å². The number of para-hydroxylation sites is 1. The summed E-state index contributed by atoms with van der Waals surface area (Å²) in [5, 5.41) is 0. The molecule has 1 heterocycles. The van der Waals surface area contributed by atoms with Gasteiger partial charge in [0.15, 0.2) is 11.6 Å². The summed E-state index contributed by atoms with van der Waals surface area (Å²) in [6.45, 7) is 2.16. The number of hydrogen-bond acceptors (Lipinski definition) is 4. The first-order valence-electron chi connectivity index (χ1n) is 8.76. The lowest BCUT2D eigenvalue weighted by Gasteiger charge is -2.33. The number of nitrogens with zero attached hydrogens (tertiary/aromatic N) is 1. The fraction of sp³-hybridized carbons (Fsp3) is 0.316. The van der Waals surface area contributed by atoms with Crippen LogP contribution in [-0.4, -0.2) is 44.7 Å². The molecule has 0 spiro atoms. The summed E-state index contributed by atoms with van der Waals surface area (Å²) in [7, 11) is -3.54. The summed E-state index contributed by atoms with van der Waals surface area (Å²) < 4.78 is 58.5. The third-order valence-corrected chi connectivity index (χ3v) is 5.76. The van der Waals surface area contributed by atoms with Gasteiger partial charge >= 0.3 is 0 Å². The van der Waals surface area contributed by atoms with Crippen LogP contribution in [0.4, 0.5) is 14.5 Å². The number of ether oxygens (including phenoxy) is 1. The van der Waals surface area contributed by atoms with Gasteiger partial charge in [-0.2, -0.15) is 0 Å². The average molecular weight is 410 g/mol. The molecule has 2 aromatic carbocycles. The zero-order chi connectivity index (χ0) is 20.3. The maximum absolute atomic E-state index is 13.5. The summed E-state index contributed by atoms with van der Waals surface area (Å²) in [4.78, 5) is 14.5. The minimum atomic E-state index is -3.54. The second kappa shape index (κ2) is 8.24. The molecule has 0 bridgehead atoms. The second-order valence-electron chi connectivity index (χ2n) is 6.34. The minimum Gasteiger partial charge on any atom is -0.370 e. The van der Waals surface area contributed by atoms with E-state index in [9.17, 15) is 22.0 Å². The number of carbonyl (C=O) groups excluding carboxylic acids is 1. The molecule has 0 aromatic heterocycles. The molecule has 9 heteroatoms. The first-order chi connectivity index (χ1) is 13.3. The number of anilines is 1. The van der Waals surface area contributed by atoms with Crippen LogP contribution in [0.3, 0.4) is 0 Å². The Morgan fingerprint density at radius 3 is 2.68 bits per heavy atom. The van der Waals surface area contributed by atoms with Crippen molar-refractivity contribution < 1.29 is 26.7 Å². The van der Waals surface area contributed by atoms with Crippen molar-refractivity contribution in [3.63, 3.8) is 0 Å². The Bertz CT molecular complexity index is 982. The van der Waals surface area contributed by atoms with E-state index in [1.807, 2.05) is 0 Å². The SMILES string of the molecule is CCS(=O)(=O)Nc1ccccc1C(=O)N1CCOC(c2ccc(F)c(F)c2)C1. The average Bonchev–Trinajstić information content (AvgIpc) is 2.70. The molecule has 3 rings (SSSR count). The molecule has 1 N–H and O–H groups in total. The predicted molar refractivity (Wildman–Crippen MR) is 100 cm³/mol. The maximum Gasteiger partial charge on any atom is 0.256 e. The van der Waals surface area contributed by atoms with E-state index in [1.165, 1.54) is 30.0 Å². The molecule has 1 fully saturated rings. The van der Waals surface area contributed by atoms with Gasteiger partial charge in [0, 0.05) is 6.54 Å². The van der Waals surface area contributed by atoms with E-state index in [0.29, 0.717) is 12.1 Å². The van der Waals surface area contributed by atoms with Crippen molar-refractivity contribution in [2.75, 3.05) is 30.2 Å². The van der Waals surface area contributed by atoms with Gasteiger partial charge in [-0.15, -0.1) is 0 Å². The number of nitrogens with one attached hydrogen (secondary N) is 1. The number of carbonyl (C=O) groups is 1. The van der Waals surface area contributed by atoms with Crippen molar-refractivity contribution in [1.29, 1.82) is 0 Å². The molecule has 1 aliphatic heterocycles. The molecule has 0 aliphatic carbocycles. The quantitative estimate of drug-likeness (QED) is 0.822. The molecular weight excluding hydrogens is 390 g/mol. The normalized spacial score (nSPS) is 17.4. The van der Waals surface area contributed by atoms with Crippen LogP contribution in [0.5, 0.6) is 0 Å². The smallest absolute Gasteiger partial charge is 0.256 e. The fourth-order valence-corrected chi connectivity index (χ4v) is 3.57. The van der Waals surface area contributed by atoms with Gasteiger partial charge in [-0.25, -0.2) is 17.2 Å². The Kier molecular flexibility index (Phi) is 5.95. The molecule has 1 atom stereocenters. The van der Waals surface area contributed by atoms with Gasteiger partial charge in [0.25, 0.3) is 5.91 Å². The second-order valence-corrected chi connectivity index (χ2v) is 8.35. The summed E-state index contributed by atoms with van der Waals surface area (Å²) in [5.41, 5.74) is 0.840. The largest absolute Gasteiger partial charge is 0.370 e. The van der Waals surface area contributed by atoms with Crippen molar-refractivity contribution >= 4 is 21.6 Å². The molecule has 0 radical (unpaired) electrons. The van der Waals surface area contributed by atoms with Crippen molar-refractivity contribution in [3.05, 3.63) is 65.2 Å². The van der Waals surface area contributed by atoms with Gasteiger partial charge in [-0.05, 0) is 36.8 Å². The van der Waals surface area contributed by atoms with Crippen LogP contribution in [0.1, 0.15) is 28.9 Å². The first-order valence-corrected chi connectivity index (χ1v) is 10.4. The number of halogens is 2. The van der Waals surface area contributed by atoms with Gasteiger partial charge in [-0.3, -0.25) is 9.52 Å². The Morgan fingerprint density at radius 2 is 1.96 bits per heavy atom. The number of sulfonamides is 1. The van der Waals surface area contributed by atoms with Crippen LogP contribution in [0.2, 0.25) is 0 Å². The third-order valence-electron chi connectivity index (χ3n) is 4.47. The Morgan fingerprint density at radius 1 is 1.21 bits per heavy atom. The molecule has 2 aromatic rings. The van der Waals surface area contributed by atoms with E-state index in [2.05, 4.69) is 4.72 Å². The Labute approximate surface area is 162 Å². The molecule has 6 nitrogen and oxygen atoms in total. The van der Waals surface area contributed by atoms with Crippen LogP contribution < -0.4 is 4.72 Å². The highest BCUT2D eigenvalue weighted by atomic mass is 32.2. The van der Waals surface area contributed by atoms with Crippen molar-refractivity contribution in [1.82, 2.24) is 4.90 Å². The van der Waals surface area contributed by atoms with Gasteiger partial charge in [0.1, 0.15) is 6.10 Å². The summed E-state index contributed by atoms with van der Waals surface area (Å²) >= 11 is 0. The molecule has 0 saturated carbocycles. The van der Waals surface area contributed by atoms with Crippen LogP contribution in [0.25, 0.3) is 0 Å². The highest BCUT2D eigenvalue weighted by molar-refractivity contribution is 7.92. The van der Waals surface area contributed by atoms with Crippen LogP contribution in [0.15, 0.2) is 42.5 Å². The number of rotatable bonds is 5. The van der Waals surface area contributed by atoms with E-state index < -0.39 is 27.8 Å². The summed E-state index contributed by atoms with van der Waals surface area (Å²) in [5.74, 6) is -2.43. The maximum atomic E-state index is 13.5. The van der Waals surface area contributed by atoms with E-state index in [4.69, 9.17) is 4.74 Å². The van der Waals surface area contributed by atoms with Crippen molar-refractivity contribution in [2.24, 2.45) is 0 Å². The van der Waals surface area contributed by atoms with Crippen molar-refractivity contribution in [3.8, 4) is 0 Å². The molecule has 1 unspecified atom stereocenters. The van der Waals surface area contributed by atoms with E-state index >= 15 is 0 Å². The van der Waals surface area contributed by atoms with Gasteiger partial charge in [0.05, 0.1) is 30.2 Å². The first kappa shape index (κ1) is 20.2. The molecule has 1 saturated heterocycles. The predicted octanol–water partition coefficient (Wildman–Crippen LogP) is 2.94. The molecule has 28 heavy (non-hydrogen) atoms. The third kappa shape index (κ3) is 4.48. The van der Waals surface area contributed by atoms with Crippen LogP contribution >= 0.6 is 0 Å². The van der Waals surface area contributed by atoms with Gasteiger partial charge in [0.2, 0.25) is 10.0 Å². The van der Waals surface area contributed by atoms with Gasteiger partial charge < -0.3 is 9.64 Å². The zero-order valence-corrected chi connectivity index (χ0v) is 16.0. The number of benzene rings is 2. The highest BCUT2D eigenvalue weighted by Gasteiger charge is 2.28. The molecule has 1 amide bonds. The summed E-state index contributed by atoms with van der Waals surface area (Å²) in [6.07, 6.45) is -0.604. The van der Waals surface area contributed by atoms with E-state index in [1.54, 1.807) is 12.1 Å². The molecule has 150 valence electrons. The monoisotopic (exact) mass is 410 g/mol. The lowest BCUT2D eigenvalue weighted by atomic mass is 10.1. The fourth-order valence-electron chi connectivity index (χ4n) is 2.92. The molecule has 1 aliphatic rings. The zero-order valence-electron chi connectivity index (χ0n) is 15.2.